The molecule has 1 saturated carbocycles. The smallest absolute Gasteiger partial charge is 0.225 e. The number of rotatable bonds is 5. The van der Waals surface area contributed by atoms with Gasteiger partial charge in [-0.25, -0.2) is 18.4 Å². The number of hydrogen-bond acceptors (Lipinski definition) is 5. The van der Waals surface area contributed by atoms with Gasteiger partial charge in [0.15, 0.2) is 10.7 Å². The maximum absolute atomic E-state index is 13.3. The Morgan fingerprint density at radius 3 is 2.76 bits per heavy atom. The zero-order valence-corrected chi connectivity index (χ0v) is 17.9. The molecule has 3 aromatic rings. The van der Waals surface area contributed by atoms with Crippen molar-refractivity contribution in [1.82, 2.24) is 20.3 Å². The molecule has 0 unspecified atom stereocenters. The Hall–Kier alpha value is -2.32. The fraction of sp³-hybridized carbons (Fsp3) is 0.381. The van der Waals surface area contributed by atoms with E-state index in [1.807, 2.05) is 13.0 Å². The van der Waals surface area contributed by atoms with Gasteiger partial charge in [-0.3, -0.25) is 0 Å². The van der Waals surface area contributed by atoms with Crippen LogP contribution in [-0.4, -0.2) is 28.4 Å². The molecule has 29 heavy (non-hydrogen) atoms. The number of fused-ring (bicyclic) bond motifs is 1. The van der Waals surface area contributed by atoms with Gasteiger partial charge in [0, 0.05) is 12.1 Å². The minimum absolute atomic E-state index is 0.0306. The minimum Gasteiger partial charge on any atom is -0.374 e. The fourth-order valence-corrected chi connectivity index (χ4v) is 5.57. The first-order valence-electron chi connectivity index (χ1n) is 9.88. The fourth-order valence-electron chi connectivity index (χ4n) is 3.80. The molecule has 0 saturated heterocycles. The van der Waals surface area contributed by atoms with E-state index in [0.29, 0.717) is 22.8 Å². The van der Waals surface area contributed by atoms with Crippen LogP contribution in [0, 0.1) is 12.8 Å². The molecule has 0 bridgehead atoms. The maximum atomic E-state index is 13.3. The van der Waals surface area contributed by atoms with Crippen molar-refractivity contribution in [3.8, 4) is 0 Å². The number of nitrogens with one attached hydrogen (secondary N) is 2. The summed E-state index contributed by atoms with van der Waals surface area (Å²) in [4.78, 5) is 12.9. The molecule has 1 fully saturated rings. The largest absolute Gasteiger partial charge is 0.374 e. The molecule has 0 spiro atoms. The first kappa shape index (κ1) is 20.0. The van der Waals surface area contributed by atoms with Gasteiger partial charge in [-0.2, -0.15) is 0 Å². The topological polar surface area (TPSA) is 87.7 Å². The molecular formula is C21H24N4O2S2. The van der Waals surface area contributed by atoms with Crippen LogP contribution >= 0.6 is 12.2 Å². The second-order valence-corrected chi connectivity index (χ2v) is 9.86. The third kappa shape index (κ3) is 4.18. The van der Waals surface area contributed by atoms with Crippen molar-refractivity contribution < 1.29 is 8.42 Å². The Kier molecular flexibility index (Phi) is 5.65. The summed E-state index contributed by atoms with van der Waals surface area (Å²) >= 11 is 5.58. The van der Waals surface area contributed by atoms with Crippen LogP contribution in [0.5, 0.6) is 0 Å². The van der Waals surface area contributed by atoms with E-state index < -0.39 is 9.84 Å². The lowest BCUT2D eigenvalue weighted by atomic mass is 9.89. The van der Waals surface area contributed by atoms with Crippen molar-refractivity contribution in [2.75, 3.05) is 0 Å². The summed E-state index contributed by atoms with van der Waals surface area (Å²) in [5, 5.41) is 3.22. The Morgan fingerprint density at radius 2 is 2.00 bits per heavy atom. The Labute approximate surface area is 176 Å². The van der Waals surface area contributed by atoms with Gasteiger partial charge in [0.2, 0.25) is 9.84 Å². The Balaban J connectivity index is 1.68. The summed E-state index contributed by atoms with van der Waals surface area (Å²) in [5.41, 5.74) is 2.35. The Morgan fingerprint density at radius 1 is 1.21 bits per heavy atom. The molecule has 1 aromatic carbocycles. The number of benzene rings is 1. The van der Waals surface area contributed by atoms with Crippen molar-refractivity contribution in [2.45, 2.75) is 55.5 Å². The lowest BCUT2D eigenvalue weighted by Crippen LogP contribution is -2.30. The second kappa shape index (κ2) is 8.20. The molecule has 0 radical (unpaired) electrons. The van der Waals surface area contributed by atoms with Gasteiger partial charge in [0.05, 0.1) is 22.1 Å². The van der Waals surface area contributed by atoms with E-state index in [0.717, 1.165) is 23.4 Å². The minimum atomic E-state index is -3.81. The van der Waals surface area contributed by atoms with Crippen LogP contribution in [-0.2, 0) is 16.4 Å². The molecule has 0 aliphatic heterocycles. The van der Waals surface area contributed by atoms with Crippen LogP contribution in [0.4, 0.5) is 0 Å². The highest BCUT2D eigenvalue weighted by Crippen LogP contribution is 2.26. The van der Waals surface area contributed by atoms with Crippen molar-refractivity contribution in [1.29, 1.82) is 0 Å². The van der Waals surface area contributed by atoms with Crippen LogP contribution in [0.15, 0.2) is 46.5 Å². The number of aryl methyl sites for hydroxylation is 1. The lowest BCUT2D eigenvalue weighted by Gasteiger charge is -2.23. The van der Waals surface area contributed by atoms with E-state index in [9.17, 15) is 8.42 Å². The molecule has 152 valence electrons. The second-order valence-electron chi connectivity index (χ2n) is 7.56. The van der Waals surface area contributed by atoms with Crippen molar-refractivity contribution in [3.63, 3.8) is 0 Å². The van der Waals surface area contributed by atoms with Crippen molar-refractivity contribution >= 4 is 38.2 Å². The highest BCUT2D eigenvalue weighted by Gasteiger charge is 2.26. The SMILES string of the molecule is Cc1cccc(S(=O)(=O)c2nc3[nH]ccc3nc2CNC(=S)C2CCCCC2)c1. The average Bonchev–Trinajstić information content (AvgIpc) is 3.19. The molecule has 6 nitrogen and oxygen atoms in total. The summed E-state index contributed by atoms with van der Waals surface area (Å²) in [6.45, 7) is 2.10. The number of thiocarbonyl (C=S) groups is 1. The summed E-state index contributed by atoms with van der Waals surface area (Å²) in [6, 6.07) is 8.63. The first-order chi connectivity index (χ1) is 13.9. The number of sulfone groups is 1. The standard InChI is InChI=1S/C21H24N4O2S2/c1-14-6-5-9-16(12-14)29(26,27)21-18(24-17-10-11-22-19(17)25-21)13-23-20(28)15-7-3-2-4-8-15/h5-6,9-12,15H,2-4,7-8,13H2,1H3,(H,22,25)(H,23,28). The lowest BCUT2D eigenvalue weighted by molar-refractivity contribution is 0.435. The van der Waals surface area contributed by atoms with Crippen LogP contribution < -0.4 is 5.32 Å². The normalized spacial score (nSPS) is 15.5. The average molecular weight is 429 g/mol. The van der Waals surface area contributed by atoms with Gasteiger partial charge < -0.3 is 10.3 Å². The third-order valence-electron chi connectivity index (χ3n) is 5.38. The van der Waals surface area contributed by atoms with E-state index in [-0.39, 0.29) is 16.5 Å². The molecule has 0 atom stereocenters. The van der Waals surface area contributed by atoms with E-state index in [1.54, 1.807) is 30.5 Å². The van der Waals surface area contributed by atoms with Crippen molar-refractivity contribution in [3.05, 3.63) is 47.8 Å². The van der Waals surface area contributed by atoms with Gasteiger partial charge in [-0.15, -0.1) is 0 Å². The van der Waals surface area contributed by atoms with Crippen LogP contribution in [0.2, 0.25) is 0 Å². The summed E-state index contributed by atoms with van der Waals surface area (Å²) in [6.07, 6.45) is 7.51. The summed E-state index contributed by atoms with van der Waals surface area (Å²) in [7, 11) is -3.81. The number of aromatic nitrogens is 3. The van der Waals surface area contributed by atoms with Gasteiger partial charge in [-0.05, 0) is 43.5 Å². The quantitative estimate of drug-likeness (QED) is 0.595. The molecule has 1 aliphatic carbocycles. The molecule has 2 aromatic heterocycles. The number of nitrogens with zero attached hydrogens (tertiary/aromatic N) is 2. The predicted molar refractivity (Wildman–Crippen MR) is 117 cm³/mol. The van der Waals surface area contributed by atoms with E-state index in [2.05, 4.69) is 20.3 Å². The molecule has 4 rings (SSSR count). The van der Waals surface area contributed by atoms with E-state index in [4.69, 9.17) is 12.2 Å². The summed E-state index contributed by atoms with van der Waals surface area (Å²) in [5.74, 6) is 0.361. The van der Waals surface area contributed by atoms with Gasteiger partial charge in [0.1, 0.15) is 5.52 Å². The van der Waals surface area contributed by atoms with Crippen LogP contribution in [0.25, 0.3) is 11.2 Å². The predicted octanol–water partition coefficient (Wildman–Crippen LogP) is 4.10. The number of H-pyrrole nitrogens is 1. The zero-order chi connectivity index (χ0) is 20.4. The Bertz CT molecular complexity index is 1150. The molecule has 2 heterocycles. The zero-order valence-electron chi connectivity index (χ0n) is 16.3. The summed E-state index contributed by atoms with van der Waals surface area (Å²) < 4.78 is 26.7. The number of aromatic amines is 1. The van der Waals surface area contributed by atoms with Gasteiger partial charge in [0.25, 0.3) is 0 Å². The first-order valence-corrected chi connectivity index (χ1v) is 11.8. The van der Waals surface area contributed by atoms with Crippen LogP contribution in [0.3, 0.4) is 0 Å². The highest BCUT2D eigenvalue weighted by molar-refractivity contribution is 7.91. The molecule has 2 N–H and O–H groups in total. The third-order valence-corrected chi connectivity index (χ3v) is 7.57. The monoisotopic (exact) mass is 428 g/mol. The molecule has 1 aliphatic rings. The number of hydrogen-bond donors (Lipinski definition) is 2. The van der Waals surface area contributed by atoms with Crippen LogP contribution in [0.1, 0.15) is 43.4 Å². The van der Waals surface area contributed by atoms with E-state index in [1.165, 1.54) is 19.3 Å². The van der Waals surface area contributed by atoms with Gasteiger partial charge >= 0.3 is 0 Å². The molecule has 8 heteroatoms. The molecule has 0 amide bonds. The maximum Gasteiger partial charge on any atom is 0.225 e. The van der Waals surface area contributed by atoms with E-state index >= 15 is 0 Å². The van der Waals surface area contributed by atoms with Gasteiger partial charge in [-0.1, -0.05) is 43.6 Å². The molecular weight excluding hydrogens is 404 g/mol. The van der Waals surface area contributed by atoms with Crippen molar-refractivity contribution in [2.24, 2.45) is 5.92 Å². The highest BCUT2D eigenvalue weighted by atomic mass is 32.2.